The minimum Gasteiger partial charge on any atom is -0.508 e. The van der Waals surface area contributed by atoms with Gasteiger partial charge in [-0.2, -0.15) is 0 Å². The van der Waals surface area contributed by atoms with Gasteiger partial charge in [0.05, 0.1) is 12.2 Å². The second-order valence-corrected chi connectivity index (χ2v) is 4.98. The molecule has 2 N–H and O–H groups in total. The van der Waals surface area contributed by atoms with E-state index in [0.717, 1.165) is 0 Å². The van der Waals surface area contributed by atoms with Crippen LogP contribution in [0.15, 0.2) is 36.0 Å². The molecule has 0 unspecified atom stereocenters. The second-order valence-electron chi connectivity index (χ2n) is 4.98. The van der Waals surface area contributed by atoms with Crippen LogP contribution >= 0.6 is 0 Å². The summed E-state index contributed by atoms with van der Waals surface area (Å²) in [6.45, 7) is 3.47. The van der Waals surface area contributed by atoms with E-state index in [0.29, 0.717) is 5.70 Å². The highest BCUT2D eigenvalue weighted by atomic mass is 16.5. The van der Waals surface area contributed by atoms with Gasteiger partial charge in [0.1, 0.15) is 17.8 Å². The molecule has 0 saturated carbocycles. The molecule has 2 rings (SSSR count). The highest BCUT2D eigenvalue weighted by Gasteiger charge is 2.41. The lowest BCUT2D eigenvalue weighted by atomic mass is 9.90. The second kappa shape index (κ2) is 6.95. The van der Waals surface area contributed by atoms with Crippen molar-refractivity contribution in [2.75, 3.05) is 6.61 Å². The van der Waals surface area contributed by atoms with E-state index in [1.54, 1.807) is 13.8 Å². The van der Waals surface area contributed by atoms with Crippen LogP contribution in [-0.4, -0.2) is 35.7 Å². The number of benzene rings is 1. The van der Waals surface area contributed by atoms with Crippen molar-refractivity contribution in [2.24, 2.45) is 5.92 Å². The quantitative estimate of drug-likeness (QED) is 0.479. The molecule has 0 radical (unpaired) electrons. The summed E-state index contributed by atoms with van der Waals surface area (Å²) < 4.78 is 10.0. The molecule has 1 saturated heterocycles. The number of β-lactam (4-membered cyclic amide) rings is 1. The lowest BCUT2D eigenvalue weighted by molar-refractivity contribution is -0.137. The first kappa shape index (κ1) is 16.5. The van der Waals surface area contributed by atoms with Crippen molar-refractivity contribution >= 4 is 17.8 Å². The van der Waals surface area contributed by atoms with E-state index in [-0.39, 0.29) is 23.8 Å². The van der Waals surface area contributed by atoms with Crippen LogP contribution in [0.1, 0.15) is 24.2 Å². The number of nitrogens with one attached hydrogen (secondary N) is 1. The molecule has 1 aromatic rings. The van der Waals surface area contributed by atoms with Crippen molar-refractivity contribution in [1.82, 2.24) is 5.32 Å². The summed E-state index contributed by atoms with van der Waals surface area (Å²) in [5.41, 5.74) is 0.616. The van der Waals surface area contributed by atoms with E-state index in [9.17, 15) is 19.5 Å². The summed E-state index contributed by atoms with van der Waals surface area (Å²) >= 11 is 0. The molecule has 7 heteroatoms. The maximum absolute atomic E-state index is 12.0. The molecule has 0 spiro atoms. The molecule has 1 amide bonds. The van der Waals surface area contributed by atoms with Gasteiger partial charge in [-0.3, -0.25) is 4.79 Å². The average molecular weight is 319 g/mol. The zero-order chi connectivity index (χ0) is 17.0. The Bertz CT molecular complexity index is 649. The van der Waals surface area contributed by atoms with Gasteiger partial charge in [-0.1, -0.05) is 0 Å². The van der Waals surface area contributed by atoms with Gasteiger partial charge in [0.25, 0.3) is 0 Å². The molecule has 122 valence electrons. The molecule has 1 heterocycles. The largest absolute Gasteiger partial charge is 0.508 e. The Morgan fingerprint density at radius 3 is 2.57 bits per heavy atom. The third kappa shape index (κ3) is 3.88. The molecule has 1 fully saturated rings. The number of carbonyl (C=O) groups excluding carboxylic acids is 3. The Morgan fingerprint density at radius 2 is 2.00 bits per heavy atom. The molecule has 0 bridgehead atoms. The Balaban J connectivity index is 2.02. The van der Waals surface area contributed by atoms with E-state index in [1.165, 1.54) is 30.3 Å². The molecular weight excluding hydrogens is 302 g/mol. The number of hydrogen-bond donors (Lipinski definition) is 2. The number of phenolic OH excluding ortho intramolecular Hbond substituents is 1. The van der Waals surface area contributed by atoms with Gasteiger partial charge in [-0.25, -0.2) is 9.59 Å². The zero-order valence-electron chi connectivity index (χ0n) is 12.7. The summed E-state index contributed by atoms with van der Waals surface area (Å²) in [6.07, 6.45) is 0.436. The monoisotopic (exact) mass is 319 g/mol. The number of aromatic hydroxyl groups is 1. The SMILES string of the molecule is CCOC(=O)/C=C1\NC(=O)[C@@H]1[C@@H](C)OC(=O)c1ccc(O)cc1. The lowest BCUT2D eigenvalue weighted by Crippen LogP contribution is -2.52. The maximum Gasteiger partial charge on any atom is 0.338 e. The smallest absolute Gasteiger partial charge is 0.338 e. The van der Waals surface area contributed by atoms with Crippen LogP contribution in [0.5, 0.6) is 5.75 Å². The molecule has 7 nitrogen and oxygen atoms in total. The molecular formula is C16H17NO6. The Kier molecular flexibility index (Phi) is 5.00. The van der Waals surface area contributed by atoms with Crippen molar-refractivity contribution in [3.05, 3.63) is 41.6 Å². The molecule has 0 aliphatic carbocycles. The first-order valence-electron chi connectivity index (χ1n) is 7.11. The van der Waals surface area contributed by atoms with Gasteiger partial charge in [-0.15, -0.1) is 0 Å². The molecule has 0 aromatic heterocycles. The average Bonchev–Trinajstić information content (AvgIpc) is 2.47. The van der Waals surface area contributed by atoms with Crippen LogP contribution in [0, 0.1) is 5.92 Å². The number of amides is 1. The standard InChI is InChI=1S/C16H17NO6/c1-3-22-13(19)8-12-14(15(20)17-12)9(2)23-16(21)10-4-6-11(18)7-5-10/h4-9,14,18H,3H2,1-2H3,(H,17,20)/b12-8-/t9-,14-/m1/s1. The van der Waals surface area contributed by atoms with Crippen LogP contribution in [0.4, 0.5) is 0 Å². The maximum atomic E-state index is 12.0. The summed E-state index contributed by atoms with van der Waals surface area (Å²) in [4.78, 5) is 35.1. The van der Waals surface area contributed by atoms with Gasteiger partial charge in [0, 0.05) is 11.8 Å². The highest BCUT2D eigenvalue weighted by Crippen LogP contribution is 2.26. The summed E-state index contributed by atoms with van der Waals surface area (Å²) in [7, 11) is 0. The molecule has 1 aliphatic heterocycles. The first-order valence-corrected chi connectivity index (χ1v) is 7.11. The van der Waals surface area contributed by atoms with Crippen LogP contribution in [0.25, 0.3) is 0 Å². The highest BCUT2D eigenvalue weighted by molar-refractivity contribution is 5.96. The van der Waals surface area contributed by atoms with Gasteiger partial charge in [0.15, 0.2) is 0 Å². The van der Waals surface area contributed by atoms with E-state index in [2.05, 4.69) is 5.32 Å². The number of ether oxygens (including phenoxy) is 2. The van der Waals surface area contributed by atoms with Gasteiger partial charge >= 0.3 is 11.9 Å². The minimum absolute atomic E-state index is 0.0348. The Labute approximate surface area is 132 Å². The topological polar surface area (TPSA) is 102 Å². The molecule has 23 heavy (non-hydrogen) atoms. The minimum atomic E-state index is -0.745. The van der Waals surface area contributed by atoms with Crippen LogP contribution < -0.4 is 5.32 Å². The van der Waals surface area contributed by atoms with Crippen LogP contribution in [0.2, 0.25) is 0 Å². The number of hydrogen-bond acceptors (Lipinski definition) is 6. The van der Waals surface area contributed by atoms with Gasteiger partial charge in [-0.05, 0) is 38.1 Å². The number of carbonyl (C=O) groups is 3. The third-order valence-electron chi connectivity index (χ3n) is 3.31. The summed E-state index contributed by atoms with van der Waals surface area (Å²) in [5, 5.41) is 11.7. The van der Waals surface area contributed by atoms with Crippen molar-refractivity contribution in [2.45, 2.75) is 20.0 Å². The van der Waals surface area contributed by atoms with E-state index in [4.69, 9.17) is 9.47 Å². The number of rotatable bonds is 5. The third-order valence-corrected chi connectivity index (χ3v) is 3.31. The molecule has 1 aliphatic rings. The fourth-order valence-corrected chi connectivity index (χ4v) is 2.17. The lowest BCUT2D eigenvalue weighted by Gasteiger charge is -2.33. The first-order chi connectivity index (χ1) is 10.9. The van der Waals surface area contributed by atoms with Crippen molar-refractivity contribution in [1.29, 1.82) is 0 Å². The molecule has 2 atom stereocenters. The Hall–Kier alpha value is -2.83. The van der Waals surface area contributed by atoms with Crippen molar-refractivity contribution in [3.8, 4) is 5.75 Å². The molecule has 1 aromatic carbocycles. The van der Waals surface area contributed by atoms with Crippen LogP contribution in [0.3, 0.4) is 0 Å². The predicted octanol–water partition coefficient (Wildman–Crippen LogP) is 1.13. The summed E-state index contributed by atoms with van der Waals surface area (Å²) in [6, 6.07) is 5.56. The number of phenols is 1. The van der Waals surface area contributed by atoms with Gasteiger partial charge in [0.2, 0.25) is 5.91 Å². The van der Waals surface area contributed by atoms with Crippen molar-refractivity contribution in [3.63, 3.8) is 0 Å². The predicted molar refractivity (Wildman–Crippen MR) is 79.3 cm³/mol. The fourth-order valence-electron chi connectivity index (χ4n) is 2.17. The fraction of sp³-hybridized carbons (Fsp3) is 0.312. The Morgan fingerprint density at radius 1 is 1.35 bits per heavy atom. The van der Waals surface area contributed by atoms with E-state index >= 15 is 0 Å². The van der Waals surface area contributed by atoms with Crippen LogP contribution in [-0.2, 0) is 19.1 Å². The zero-order valence-corrected chi connectivity index (χ0v) is 12.7. The van der Waals surface area contributed by atoms with E-state index in [1.807, 2.05) is 0 Å². The van der Waals surface area contributed by atoms with Gasteiger partial charge < -0.3 is 19.9 Å². The normalized spacial score (nSPS) is 19.5. The summed E-state index contributed by atoms with van der Waals surface area (Å²) in [5.74, 6) is -2.20. The van der Waals surface area contributed by atoms with E-state index < -0.39 is 24.0 Å². The number of esters is 2. The van der Waals surface area contributed by atoms with Crippen molar-refractivity contribution < 1.29 is 29.0 Å².